The van der Waals surface area contributed by atoms with E-state index in [4.69, 9.17) is 11.6 Å². The first kappa shape index (κ1) is 21.2. The van der Waals surface area contributed by atoms with Gasteiger partial charge in [0.1, 0.15) is 20.9 Å². The number of benzene rings is 1. The molecule has 1 aliphatic heterocycles. The molecule has 30 heavy (non-hydrogen) atoms. The Balaban J connectivity index is 1.54. The number of thiophene rings is 1. The lowest BCUT2D eigenvalue weighted by Crippen LogP contribution is -2.30. The third-order valence-electron chi connectivity index (χ3n) is 4.41. The van der Waals surface area contributed by atoms with E-state index < -0.39 is 33.6 Å². The monoisotopic (exact) mass is 490 g/mol. The van der Waals surface area contributed by atoms with E-state index in [-0.39, 0.29) is 14.9 Å². The zero-order chi connectivity index (χ0) is 21.5. The molecule has 0 spiro atoms. The molecular formula is C17H13ClF2N4O3S3. The summed E-state index contributed by atoms with van der Waals surface area (Å²) in [6.07, 6.45) is 1.16. The highest BCUT2D eigenvalue weighted by Gasteiger charge is 2.39. The number of anilines is 1. The van der Waals surface area contributed by atoms with Crippen molar-refractivity contribution in [3.05, 3.63) is 56.3 Å². The van der Waals surface area contributed by atoms with Gasteiger partial charge in [-0.3, -0.25) is 4.79 Å². The lowest BCUT2D eigenvalue weighted by atomic mass is 10.2. The maximum absolute atomic E-state index is 13.8. The Hall–Kier alpha value is -1.99. The van der Waals surface area contributed by atoms with Gasteiger partial charge in [0.05, 0.1) is 16.1 Å². The number of nitrogens with zero attached hydrogens (tertiary/aromatic N) is 3. The summed E-state index contributed by atoms with van der Waals surface area (Å²) in [4.78, 5) is 12.4. The minimum absolute atomic E-state index is 0.0582. The van der Waals surface area contributed by atoms with E-state index >= 15 is 0 Å². The van der Waals surface area contributed by atoms with Crippen LogP contribution >= 0.6 is 34.3 Å². The summed E-state index contributed by atoms with van der Waals surface area (Å²) in [6, 6.07) is 5.18. The Morgan fingerprint density at radius 1 is 1.20 bits per heavy atom. The van der Waals surface area contributed by atoms with Crippen LogP contribution in [0.5, 0.6) is 0 Å². The van der Waals surface area contributed by atoms with Crippen LogP contribution < -0.4 is 5.32 Å². The minimum Gasteiger partial charge on any atom is -0.317 e. The van der Waals surface area contributed by atoms with E-state index in [1.807, 2.05) is 0 Å². The smallest absolute Gasteiger partial charge is 0.286 e. The van der Waals surface area contributed by atoms with E-state index in [2.05, 4.69) is 15.5 Å². The van der Waals surface area contributed by atoms with Crippen molar-refractivity contribution in [1.29, 1.82) is 0 Å². The van der Waals surface area contributed by atoms with Gasteiger partial charge >= 0.3 is 0 Å². The Labute approximate surface area is 183 Å². The Morgan fingerprint density at radius 2 is 2.00 bits per heavy atom. The molecule has 1 fully saturated rings. The van der Waals surface area contributed by atoms with Crippen molar-refractivity contribution in [1.82, 2.24) is 14.5 Å². The van der Waals surface area contributed by atoms with Crippen LogP contribution in [0.15, 0.2) is 34.5 Å². The van der Waals surface area contributed by atoms with E-state index in [0.717, 1.165) is 34.8 Å². The molecule has 0 saturated carbocycles. The predicted molar refractivity (Wildman–Crippen MR) is 109 cm³/mol. The molecule has 3 heterocycles. The third kappa shape index (κ3) is 4.10. The Morgan fingerprint density at radius 3 is 2.70 bits per heavy atom. The number of rotatable bonds is 5. The van der Waals surface area contributed by atoms with E-state index in [1.165, 1.54) is 16.4 Å². The molecule has 1 aliphatic rings. The molecule has 1 unspecified atom stereocenters. The van der Waals surface area contributed by atoms with Crippen LogP contribution in [0.3, 0.4) is 0 Å². The van der Waals surface area contributed by atoms with E-state index in [0.29, 0.717) is 34.8 Å². The quantitative estimate of drug-likeness (QED) is 0.575. The van der Waals surface area contributed by atoms with Crippen LogP contribution in [0.25, 0.3) is 0 Å². The summed E-state index contributed by atoms with van der Waals surface area (Å²) < 4.78 is 54.5. The van der Waals surface area contributed by atoms with E-state index in [9.17, 15) is 22.0 Å². The topological polar surface area (TPSA) is 92.3 Å². The maximum Gasteiger partial charge on any atom is 0.286 e. The van der Waals surface area contributed by atoms with Crippen molar-refractivity contribution in [2.24, 2.45) is 0 Å². The number of sulfonamides is 1. The van der Waals surface area contributed by atoms with Gasteiger partial charge in [-0.05, 0) is 37.1 Å². The molecule has 13 heteroatoms. The van der Waals surface area contributed by atoms with Gasteiger partial charge in [0.2, 0.25) is 5.01 Å². The van der Waals surface area contributed by atoms with E-state index in [1.54, 1.807) is 0 Å². The molecule has 1 atom stereocenters. The Kier molecular flexibility index (Phi) is 5.86. The highest BCUT2D eigenvalue weighted by atomic mass is 35.5. The molecule has 7 nitrogen and oxygen atoms in total. The Bertz CT molecular complexity index is 1210. The van der Waals surface area contributed by atoms with Crippen molar-refractivity contribution >= 4 is 55.9 Å². The van der Waals surface area contributed by atoms with Gasteiger partial charge in [0.25, 0.3) is 15.9 Å². The highest BCUT2D eigenvalue weighted by molar-refractivity contribution is 7.91. The highest BCUT2D eigenvalue weighted by Crippen LogP contribution is 2.39. The van der Waals surface area contributed by atoms with Crippen LogP contribution in [-0.4, -0.2) is 35.4 Å². The number of amides is 1. The van der Waals surface area contributed by atoms with Crippen molar-refractivity contribution in [3.63, 3.8) is 0 Å². The number of carbonyl (C=O) groups excluding carboxylic acids is 1. The predicted octanol–water partition coefficient (Wildman–Crippen LogP) is 4.31. The fourth-order valence-corrected chi connectivity index (χ4v) is 7.28. The molecule has 1 saturated heterocycles. The average molecular weight is 491 g/mol. The molecule has 4 rings (SSSR count). The first-order chi connectivity index (χ1) is 14.3. The van der Waals surface area contributed by atoms with Gasteiger partial charge in [-0.25, -0.2) is 17.2 Å². The molecule has 1 aromatic carbocycles. The second-order valence-corrected chi connectivity index (χ2v) is 11.2. The normalized spacial score (nSPS) is 17.4. The molecule has 3 aromatic rings. The third-order valence-corrected chi connectivity index (χ3v) is 9.04. The largest absolute Gasteiger partial charge is 0.317 e. The summed E-state index contributed by atoms with van der Waals surface area (Å²) in [5.74, 6) is -2.41. The number of halogens is 3. The van der Waals surface area contributed by atoms with Crippen LogP contribution in [-0.2, 0) is 10.0 Å². The molecule has 0 bridgehead atoms. The van der Waals surface area contributed by atoms with Crippen LogP contribution in [0, 0.1) is 11.6 Å². The fourth-order valence-electron chi connectivity index (χ4n) is 3.05. The molecule has 0 aliphatic carbocycles. The average Bonchev–Trinajstić information content (AvgIpc) is 3.43. The molecule has 1 amide bonds. The molecule has 158 valence electrons. The number of nitrogens with one attached hydrogen (secondary N) is 1. The van der Waals surface area contributed by atoms with Crippen molar-refractivity contribution in [2.45, 2.75) is 23.1 Å². The lowest BCUT2D eigenvalue weighted by molar-refractivity contribution is 0.102. The summed E-state index contributed by atoms with van der Waals surface area (Å²) >= 11 is 7.77. The van der Waals surface area contributed by atoms with Crippen LogP contribution in [0.2, 0.25) is 4.34 Å². The van der Waals surface area contributed by atoms with Gasteiger partial charge in [-0.15, -0.1) is 21.5 Å². The van der Waals surface area contributed by atoms with Gasteiger partial charge < -0.3 is 5.32 Å². The lowest BCUT2D eigenvalue weighted by Gasteiger charge is -2.21. The van der Waals surface area contributed by atoms with Gasteiger partial charge in [0.15, 0.2) is 0 Å². The van der Waals surface area contributed by atoms with Crippen molar-refractivity contribution in [2.75, 3.05) is 11.9 Å². The molecule has 2 aromatic heterocycles. The molecule has 1 N–H and O–H groups in total. The number of hydrogen-bond donors (Lipinski definition) is 1. The molecular weight excluding hydrogens is 478 g/mol. The number of aromatic nitrogens is 2. The van der Waals surface area contributed by atoms with Crippen LogP contribution in [0.1, 0.15) is 33.7 Å². The van der Waals surface area contributed by atoms with Crippen LogP contribution in [0.4, 0.5) is 14.5 Å². The summed E-state index contributed by atoms with van der Waals surface area (Å²) in [5, 5.41) is 10.4. The fraction of sp³-hybridized carbons (Fsp3) is 0.235. The maximum atomic E-state index is 13.8. The second kappa shape index (κ2) is 8.27. The molecule has 0 radical (unpaired) electrons. The number of hydrogen-bond acceptors (Lipinski definition) is 7. The second-order valence-electron chi connectivity index (χ2n) is 6.36. The summed E-state index contributed by atoms with van der Waals surface area (Å²) in [6.45, 7) is 0.310. The van der Waals surface area contributed by atoms with Crippen molar-refractivity contribution in [3.8, 4) is 0 Å². The van der Waals surface area contributed by atoms with Gasteiger partial charge in [-0.2, -0.15) is 4.31 Å². The standard InChI is InChI=1S/C17H13ClF2N4O3S3/c18-13-5-6-14(28-13)30(26,27)24-7-1-2-12(24)16-22-23-17(29-16)15(25)21-11-4-3-9(19)8-10(11)20/h3-6,8,12H,1-2,7H2,(H,21,25). The minimum atomic E-state index is -3.76. The summed E-state index contributed by atoms with van der Waals surface area (Å²) in [5.41, 5.74) is -0.196. The zero-order valence-electron chi connectivity index (χ0n) is 15.0. The van der Waals surface area contributed by atoms with Crippen molar-refractivity contribution < 1.29 is 22.0 Å². The van der Waals surface area contributed by atoms with Gasteiger partial charge in [0, 0.05) is 12.6 Å². The summed E-state index contributed by atoms with van der Waals surface area (Å²) in [7, 11) is -3.76. The SMILES string of the molecule is O=C(Nc1ccc(F)cc1F)c1nnc(C2CCCN2S(=O)(=O)c2ccc(Cl)s2)s1. The first-order valence-electron chi connectivity index (χ1n) is 8.62. The first-order valence-corrected chi connectivity index (χ1v) is 12.1. The zero-order valence-corrected chi connectivity index (χ0v) is 18.2. The number of carbonyl (C=O) groups is 1. The van der Waals surface area contributed by atoms with Gasteiger partial charge in [-0.1, -0.05) is 22.9 Å².